The third-order valence-corrected chi connectivity index (χ3v) is 5.95. The van der Waals surface area contributed by atoms with E-state index in [9.17, 15) is 9.59 Å². The van der Waals surface area contributed by atoms with Crippen LogP contribution in [0.3, 0.4) is 0 Å². The summed E-state index contributed by atoms with van der Waals surface area (Å²) in [6.45, 7) is 5.57. The molecule has 0 aliphatic rings. The lowest BCUT2D eigenvalue weighted by Crippen LogP contribution is -2.34. The van der Waals surface area contributed by atoms with E-state index < -0.39 is 0 Å². The molecular weight excluding hydrogens is 393 g/mol. The number of hydrogen-bond acceptors (Lipinski definition) is 4. The molecule has 0 spiro atoms. The van der Waals surface area contributed by atoms with E-state index in [4.69, 9.17) is 23.2 Å². The summed E-state index contributed by atoms with van der Waals surface area (Å²) in [6, 6.07) is 4.80. The van der Waals surface area contributed by atoms with Gasteiger partial charge in [-0.3, -0.25) is 14.2 Å². The van der Waals surface area contributed by atoms with Crippen molar-refractivity contribution in [1.29, 1.82) is 0 Å². The smallest absolute Gasteiger partial charge is 0.262 e. The minimum absolute atomic E-state index is 0.105. The lowest BCUT2D eigenvalue weighted by molar-refractivity contribution is -0.122. The van der Waals surface area contributed by atoms with Crippen LogP contribution < -0.4 is 10.9 Å². The lowest BCUT2D eigenvalue weighted by Gasteiger charge is -2.16. The molecule has 2 aromatic heterocycles. The molecule has 0 bridgehead atoms. The Hall–Kier alpha value is -1.89. The zero-order chi connectivity index (χ0) is 19.0. The van der Waals surface area contributed by atoms with Crippen molar-refractivity contribution in [2.24, 2.45) is 0 Å². The van der Waals surface area contributed by atoms with Gasteiger partial charge in [0, 0.05) is 14.9 Å². The number of rotatable bonds is 4. The van der Waals surface area contributed by atoms with Gasteiger partial charge in [-0.15, -0.1) is 11.3 Å². The Labute approximate surface area is 164 Å². The topological polar surface area (TPSA) is 64.0 Å². The highest BCUT2D eigenvalue weighted by Gasteiger charge is 2.16. The summed E-state index contributed by atoms with van der Waals surface area (Å²) in [5, 5.41) is 4.44. The molecule has 0 unspecified atom stereocenters. The first kappa shape index (κ1) is 18.9. The Morgan fingerprint density at radius 3 is 2.77 bits per heavy atom. The number of carbonyl (C=O) groups excluding carboxylic acids is 1. The minimum atomic E-state index is -0.315. The molecule has 0 saturated carbocycles. The van der Waals surface area contributed by atoms with Gasteiger partial charge in [0.1, 0.15) is 11.4 Å². The molecular formula is C18H17Cl2N3O2S. The SMILES string of the molecule is Cc1sc2ncn(CC(=O)N[C@@H](C)c3ccc(Cl)cc3Cl)c(=O)c2c1C. The Balaban J connectivity index is 1.80. The fraction of sp³-hybridized carbons (Fsp3) is 0.278. The molecule has 3 rings (SSSR count). The van der Waals surface area contributed by atoms with Crippen LogP contribution in [0.2, 0.25) is 10.0 Å². The maximum absolute atomic E-state index is 12.7. The Kier molecular flexibility index (Phi) is 5.37. The summed E-state index contributed by atoms with van der Waals surface area (Å²) in [6.07, 6.45) is 1.42. The second kappa shape index (κ2) is 7.39. The van der Waals surface area contributed by atoms with Crippen molar-refractivity contribution in [2.45, 2.75) is 33.4 Å². The predicted octanol–water partition coefficient (Wildman–Crippen LogP) is 4.26. The van der Waals surface area contributed by atoms with Gasteiger partial charge in [-0.1, -0.05) is 29.3 Å². The Bertz CT molecular complexity index is 1060. The van der Waals surface area contributed by atoms with E-state index in [2.05, 4.69) is 10.3 Å². The number of hydrogen-bond donors (Lipinski definition) is 1. The lowest BCUT2D eigenvalue weighted by atomic mass is 10.1. The number of fused-ring (bicyclic) bond motifs is 1. The summed E-state index contributed by atoms with van der Waals surface area (Å²) >= 11 is 13.6. The third-order valence-electron chi connectivity index (χ3n) is 4.28. The first-order valence-corrected chi connectivity index (χ1v) is 9.54. The number of aromatic nitrogens is 2. The normalized spacial score (nSPS) is 12.3. The van der Waals surface area contributed by atoms with Crippen LogP contribution in [0.25, 0.3) is 10.2 Å². The van der Waals surface area contributed by atoms with Gasteiger partial charge >= 0.3 is 0 Å². The van der Waals surface area contributed by atoms with E-state index in [0.29, 0.717) is 20.3 Å². The van der Waals surface area contributed by atoms with E-state index in [1.165, 1.54) is 22.2 Å². The quantitative estimate of drug-likeness (QED) is 0.699. The van der Waals surface area contributed by atoms with Gasteiger partial charge in [-0.25, -0.2) is 4.98 Å². The van der Waals surface area contributed by atoms with Gasteiger partial charge < -0.3 is 5.32 Å². The van der Waals surface area contributed by atoms with Gasteiger partial charge in [-0.05, 0) is 44.0 Å². The van der Waals surface area contributed by atoms with E-state index in [0.717, 1.165) is 16.0 Å². The minimum Gasteiger partial charge on any atom is -0.348 e. The monoisotopic (exact) mass is 409 g/mol. The molecule has 2 heterocycles. The van der Waals surface area contributed by atoms with E-state index >= 15 is 0 Å². The number of carbonyl (C=O) groups is 1. The molecule has 5 nitrogen and oxygen atoms in total. The summed E-state index contributed by atoms with van der Waals surface area (Å²) in [4.78, 5) is 31.1. The molecule has 0 aliphatic carbocycles. The summed E-state index contributed by atoms with van der Waals surface area (Å²) in [5.74, 6) is -0.295. The number of halogens is 2. The maximum atomic E-state index is 12.7. The zero-order valence-electron chi connectivity index (χ0n) is 14.5. The van der Waals surface area contributed by atoms with Gasteiger partial charge in [0.15, 0.2) is 0 Å². The van der Waals surface area contributed by atoms with Crippen LogP contribution in [-0.4, -0.2) is 15.5 Å². The highest BCUT2D eigenvalue weighted by atomic mass is 35.5. The predicted molar refractivity (Wildman–Crippen MR) is 106 cm³/mol. The molecule has 1 aromatic carbocycles. The average molecular weight is 410 g/mol. The van der Waals surface area contributed by atoms with Crippen molar-refractivity contribution >= 4 is 50.7 Å². The van der Waals surface area contributed by atoms with Gasteiger partial charge in [0.05, 0.1) is 17.8 Å². The third kappa shape index (κ3) is 3.63. The van der Waals surface area contributed by atoms with Gasteiger partial charge in [0.2, 0.25) is 5.91 Å². The van der Waals surface area contributed by atoms with Crippen LogP contribution in [0.4, 0.5) is 0 Å². The van der Waals surface area contributed by atoms with Crippen molar-refractivity contribution < 1.29 is 4.79 Å². The number of nitrogens with zero attached hydrogens (tertiary/aromatic N) is 2. The molecule has 0 saturated heterocycles. The fourth-order valence-corrected chi connectivity index (χ4v) is 4.31. The number of benzene rings is 1. The van der Waals surface area contributed by atoms with Crippen molar-refractivity contribution in [3.63, 3.8) is 0 Å². The van der Waals surface area contributed by atoms with Crippen LogP contribution in [-0.2, 0) is 11.3 Å². The Morgan fingerprint density at radius 2 is 2.08 bits per heavy atom. The second-order valence-corrected chi connectivity index (χ2v) is 8.14. The maximum Gasteiger partial charge on any atom is 0.262 e. The van der Waals surface area contributed by atoms with Gasteiger partial charge in [-0.2, -0.15) is 0 Å². The zero-order valence-corrected chi connectivity index (χ0v) is 16.8. The van der Waals surface area contributed by atoms with Crippen molar-refractivity contribution in [1.82, 2.24) is 14.9 Å². The fourth-order valence-electron chi connectivity index (χ4n) is 2.75. The van der Waals surface area contributed by atoms with Crippen LogP contribution in [0, 0.1) is 13.8 Å². The summed E-state index contributed by atoms with van der Waals surface area (Å²) < 4.78 is 1.33. The molecule has 1 atom stereocenters. The first-order chi connectivity index (χ1) is 12.3. The van der Waals surface area contributed by atoms with Crippen molar-refractivity contribution in [3.8, 4) is 0 Å². The number of nitrogens with one attached hydrogen (secondary N) is 1. The number of aryl methyl sites for hydroxylation is 2. The first-order valence-electron chi connectivity index (χ1n) is 7.97. The summed E-state index contributed by atoms with van der Waals surface area (Å²) in [5.41, 5.74) is 1.47. The molecule has 1 amide bonds. The molecule has 0 aliphatic heterocycles. The van der Waals surface area contributed by atoms with E-state index in [1.54, 1.807) is 18.2 Å². The number of thiophene rings is 1. The van der Waals surface area contributed by atoms with Crippen LogP contribution in [0.5, 0.6) is 0 Å². The number of amides is 1. The summed E-state index contributed by atoms with van der Waals surface area (Å²) in [7, 11) is 0. The highest BCUT2D eigenvalue weighted by Crippen LogP contribution is 2.26. The highest BCUT2D eigenvalue weighted by molar-refractivity contribution is 7.18. The van der Waals surface area contributed by atoms with Crippen LogP contribution >= 0.6 is 34.5 Å². The van der Waals surface area contributed by atoms with Crippen molar-refractivity contribution in [3.05, 3.63) is 60.9 Å². The van der Waals surface area contributed by atoms with Gasteiger partial charge in [0.25, 0.3) is 5.56 Å². The molecule has 26 heavy (non-hydrogen) atoms. The molecule has 0 radical (unpaired) electrons. The van der Waals surface area contributed by atoms with Crippen molar-refractivity contribution in [2.75, 3.05) is 0 Å². The molecule has 1 N–H and O–H groups in total. The molecule has 136 valence electrons. The largest absolute Gasteiger partial charge is 0.348 e. The molecule has 8 heteroatoms. The standard InChI is InChI=1S/C18H17Cl2N3O2S/c1-9-11(3)26-17-16(9)18(25)23(8-21-17)7-15(24)22-10(2)13-5-4-12(19)6-14(13)20/h4-6,8,10H,7H2,1-3H3,(H,22,24)/t10-/m0/s1. The Morgan fingerprint density at radius 1 is 1.35 bits per heavy atom. The molecule has 3 aromatic rings. The van der Waals surface area contributed by atoms with Crippen LogP contribution in [0.1, 0.15) is 29.0 Å². The van der Waals surface area contributed by atoms with E-state index in [1.807, 2.05) is 20.8 Å². The average Bonchev–Trinajstić information content (AvgIpc) is 2.85. The van der Waals surface area contributed by atoms with E-state index in [-0.39, 0.29) is 24.1 Å². The van der Waals surface area contributed by atoms with Crippen LogP contribution in [0.15, 0.2) is 29.3 Å². The second-order valence-electron chi connectivity index (χ2n) is 6.10. The molecule has 0 fully saturated rings.